The van der Waals surface area contributed by atoms with E-state index in [1.54, 1.807) is 0 Å². The van der Waals surface area contributed by atoms with Crippen molar-refractivity contribution in [2.45, 2.75) is 26.4 Å². The minimum absolute atomic E-state index is 0.000566. The third kappa shape index (κ3) is 3.49. The number of piperazine rings is 1. The summed E-state index contributed by atoms with van der Waals surface area (Å²) in [5.41, 5.74) is 8.41. The van der Waals surface area contributed by atoms with Gasteiger partial charge in [-0.05, 0) is 25.0 Å². The maximum absolute atomic E-state index is 8.74. The zero-order chi connectivity index (χ0) is 14.5. The van der Waals surface area contributed by atoms with Crippen molar-refractivity contribution >= 4 is 5.84 Å². The maximum Gasteiger partial charge on any atom is 0.156 e. The van der Waals surface area contributed by atoms with E-state index in [2.05, 4.69) is 46.1 Å². The van der Waals surface area contributed by atoms with Gasteiger partial charge >= 0.3 is 0 Å². The number of benzene rings is 1. The molecule has 20 heavy (non-hydrogen) atoms. The molecule has 0 radical (unpaired) electrons. The first-order valence-electron chi connectivity index (χ1n) is 7.10. The van der Waals surface area contributed by atoms with E-state index in [1.807, 2.05) is 6.92 Å². The molecule has 1 aliphatic rings. The van der Waals surface area contributed by atoms with Crippen LogP contribution >= 0.6 is 0 Å². The highest BCUT2D eigenvalue weighted by Crippen LogP contribution is 2.13. The van der Waals surface area contributed by atoms with Crippen molar-refractivity contribution in [3.8, 4) is 0 Å². The van der Waals surface area contributed by atoms with Crippen LogP contribution in [0.15, 0.2) is 29.4 Å². The summed E-state index contributed by atoms with van der Waals surface area (Å²) in [6.45, 7) is 9.05. The van der Waals surface area contributed by atoms with Gasteiger partial charge in [-0.15, -0.1) is 0 Å². The quantitative estimate of drug-likeness (QED) is 0.376. The number of amidine groups is 1. The number of hydrogen-bond donors (Lipinski definition) is 2. The van der Waals surface area contributed by atoms with E-state index in [1.165, 1.54) is 11.1 Å². The van der Waals surface area contributed by atoms with Crippen molar-refractivity contribution in [1.29, 1.82) is 0 Å². The van der Waals surface area contributed by atoms with Crippen LogP contribution < -0.4 is 5.73 Å². The Labute approximate surface area is 120 Å². The largest absolute Gasteiger partial charge is 0.409 e. The van der Waals surface area contributed by atoms with Crippen LogP contribution in [0.25, 0.3) is 0 Å². The van der Waals surface area contributed by atoms with Crippen molar-refractivity contribution in [1.82, 2.24) is 9.80 Å². The van der Waals surface area contributed by atoms with E-state index in [0.29, 0.717) is 0 Å². The molecule has 0 saturated carbocycles. The van der Waals surface area contributed by atoms with Gasteiger partial charge in [0, 0.05) is 32.7 Å². The zero-order valence-electron chi connectivity index (χ0n) is 12.3. The van der Waals surface area contributed by atoms with Gasteiger partial charge < -0.3 is 10.9 Å². The molecule has 1 aromatic carbocycles. The van der Waals surface area contributed by atoms with Crippen LogP contribution in [0, 0.1) is 6.92 Å². The maximum atomic E-state index is 8.74. The van der Waals surface area contributed by atoms with Gasteiger partial charge in [-0.25, -0.2) is 0 Å². The molecule has 5 heteroatoms. The second kappa shape index (κ2) is 6.72. The fourth-order valence-corrected chi connectivity index (χ4v) is 2.61. The Hall–Kier alpha value is -1.59. The Bertz CT molecular complexity index is 467. The first kappa shape index (κ1) is 14.8. The summed E-state index contributed by atoms with van der Waals surface area (Å²) < 4.78 is 0. The van der Waals surface area contributed by atoms with Gasteiger partial charge in [0.25, 0.3) is 0 Å². The van der Waals surface area contributed by atoms with Crippen molar-refractivity contribution in [2.24, 2.45) is 10.9 Å². The van der Waals surface area contributed by atoms with Crippen molar-refractivity contribution in [3.63, 3.8) is 0 Å². The summed E-state index contributed by atoms with van der Waals surface area (Å²) in [6.07, 6.45) is 0. The fourth-order valence-electron chi connectivity index (χ4n) is 2.61. The lowest BCUT2D eigenvalue weighted by Crippen LogP contribution is -2.52. The molecule has 1 aromatic rings. The molecule has 1 unspecified atom stereocenters. The number of nitrogens with zero attached hydrogens (tertiary/aromatic N) is 3. The molecule has 1 fully saturated rings. The Morgan fingerprint density at radius 1 is 1.30 bits per heavy atom. The molecular formula is C15H24N4O. The summed E-state index contributed by atoms with van der Waals surface area (Å²) in [5.74, 6) is 0.289. The molecule has 1 atom stereocenters. The van der Waals surface area contributed by atoms with E-state index in [9.17, 15) is 0 Å². The number of aryl methyl sites for hydroxylation is 1. The summed E-state index contributed by atoms with van der Waals surface area (Å²) in [6, 6.07) is 8.53. The first-order valence-corrected chi connectivity index (χ1v) is 7.10. The molecule has 0 aromatic heterocycles. The second-order valence-corrected chi connectivity index (χ2v) is 5.44. The number of hydrogen-bond acceptors (Lipinski definition) is 4. The van der Waals surface area contributed by atoms with Gasteiger partial charge in [-0.1, -0.05) is 29.4 Å². The molecule has 2 rings (SSSR count). The van der Waals surface area contributed by atoms with Gasteiger partial charge in [0.2, 0.25) is 0 Å². The predicted molar refractivity (Wildman–Crippen MR) is 80.9 cm³/mol. The second-order valence-electron chi connectivity index (χ2n) is 5.44. The molecule has 5 nitrogen and oxygen atoms in total. The molecule has 0 spiro atoms. The van der Waals surface area contributed by atoms with Gasteiger partial charge in [0.1, 0.15) is 0 Å². The van der Waals surface area contributed by atoms with Crippen molar-refractivity contribution in [3.05, 3.63) is 35.4 Å². The van der Waals surface area contributed by atoms with E-state index >= 15 is 0 Å². The zero-order valence-corrected chi connectivity index (χ0v) is 12.3. The average molecular weight is 276 g/mol. The molecule has 0 bridgehead atoms. The minimum Gasteiger partial charge on any atom is -0.409 e. The lowest BCUT2D eigenvalue weighted by Gasteiger charge is -2.37. The molecule has 1 aliphatic heterocycles. The summed E-state index contributed by atoms with van der Waals surface area (Å²) in [4.78, 5) is 4.71. The van der Waals surface area contributed by atoms with Crippen LogP contribution in [0.1, 0.15) is 18.1 Å². The first-order chi connectivity index (χ1) is 9.61. The van der Waals surface area contributed by atoms with Crippen LogP contribution in [0.2, 0.25) is 0 Å². The molecular weight excluding hydrogens is 252 g/mol. The lowest BCUT2D eigenvalue weighted by atomic mass is 10.1. The number of oxime groups is 1. The van der Waals surface area contributed by atoms with E-state index in [0.717, 1.165) is 32.7 Å². The average Bonchev–Trinajstić information content (AvgIpc) is 2.49. The Balaban J connectivity index is 1.87. The molecule has 0 aliphatic carbocycles. The summed E-state index contributed by atoms with van der Waals surface area (Å²) >= 11 is 0. The van der Waals surface area contributed by atoms with Crippen LogP contribution in [-0.2, 0) is 6.54 Å². The molecule has 1 heterocycles. The van der Waals surface area contributed by atoms with Gasteiger partial charge in [0.15, 0.2) is 5.84 Å². The lowest BCUT2D eigenvalue weighted by molar-refractivity contribution is 0.116. The van der Waals surface area contributed by atoms with Crippen LogP contribution in [0.4, 0.5) is 0 Å². The van der Waals surface area contributed by atoms with E-state index in [4.69, 9.17) is 10.9 Å². The Kier molecular flexibility index (Phi) is 4.98. The molecule has 110 valence electrons. The Morgan fingerprint density at radius 2 is 1.95 bits per heavy atom. The molecule has 0 amide bonds. The standard InChI is InChI=1S/C15H24N4O/c1-12-5-3-4-6-14(12)11-18-7-9-19(10-8-18)13(2)15(16)17-20/h3-6,13,20H,7-11H2,1-2H3,(H2,16,17). The topological polar surface area (TPSA) is 65.1 Å². The predicted octanol–water partition coefficient (Wildman–Crippen LogP) is 1.25. The van der Waals surface area contributed by atoms with Crippen molar-refractivity contribution < 1.29 is 5.21 Å². The molecule has 3 N–H and O–H groups in total. The van der Waals surface area contributed by atoms with Crippen LogP contribution in [-0.4, -0.2) is 53.1 Å². The molecule has 1 saturated heterocycles. The van der Waals surface area contributed by atoms with Gasteiger partial charge in [0.05, 0.1) is 6.04 Å². The third-order valence-electron chi connectivity index (χ3n) is 4.15. The highest BCUT2D eigenvalue weighted by Gasteiger charge is 2.23. The monoisotopic (exact) mass is 276 g/mol. The minimum atomic E-state index is 0.000566. The van der Waals surface area contributed by atoms with Gasteiger partial charge in [-0.2, -0.15) is 0 Å². The van der Waals surface area contributed by atoms with Crippen LogP contribution in [0.5, 0.6) is 0 Å². The number of nitrogens with two attached hydrogens (primary N) is 1. The SMILES string of the molecule is Cc1ccccc1CN1CCN(C(C)C(N)=NO)CC1. The highest BCUT2D eigenvalue weighted by molar-refractivity contribution is 5.84. The van der Waals surface area contributed by atoms with Crippen molar-refractivity contribution in [2.75, 3.05) is 26.2 Å². The van der Waals surface area contributed by atoms with E-state index in [-0.39, 0.29) is 11.9 Å². The van der Waals surface area contributed by atoms with Crippen LogP contribution in [0.3, 0.4) is 0 Å². The smallest absolute Gasteiger partial charge is 0.156 e. The Morgan fingerprint density at radius 3 is 2.55 bits per heavy atom. The summed E-state index contributed by atoms with van der Waals surface area (Å²) in [7, 11) is 0. The fraction of sp³-hybridized carbons (Fsp3) is 0.533. The third-order valence-corrected chi connectivity index (χ3v) is 4.15. The van der Waals surface area contributed by atoms with Gasteiger partial charge in [-0.3, -0.25) is 9.80 Å². The number of rotatable bonds is 4. The highest BCUT2D eigenvalue weighted by atomic mass is 16.4. The summed E-state index contributed by atoms with van der Waals surface area (Å²) in [5, 5.41) is 11.8. The van der Waals surface area contributed by atoms with E-state index < -0.39 is 0 Å². The normalized spacial score (nSPS) is 20.0.